The Labute approximate surface area is 125 Å². The van der Waals surface area contributed by atoms with E-state index >= 15 is 0 Å². The molecule has 2 nitrogen and oxygen atoms in total. The van der Waals surface area contributed by atoms with Crippen molar-refractivity contribution in [1.82, 2.24) is 4.90 Å². The summed E-state index contributed by atoms with van der Waals surface area (Å²) in [7, 11) is 0. The molecule has 5 heteroatoms. The molecule has 0 aliphatic carbocycles. The second-order valence-corrected chi connectivity index (χ2v) is 5.92. The first-order valence-corrected chi connectivity index (χ1v) is 7.80. The highest BCUT2D eigenvalue weighted by Gasteiger charge is 2.24. The normalized spacial score (nSPS) is 16.9. The summed E-state index contributed by atoms with van der Waals surface area (Å²) in [5, 5.41) is 1.79. The summed E-state index contributed by atoms with van der Waals surface area (Å²) in [4.78, 5) is 14.2. The van der Waals surface area contributed by atoms with Crippen LogP contribution in [-0.4, -0.2) is 29.2 Å². The van der Waals surface area contributed by atoms with Crippen molar-refractivity contribution in [1.29, 1.82) is 0 Å². The number of amides is 1. The summed E-state index contributed by atoms with van der Waals surface area (Å²) in [6.45, 7) is 1.58. The molecule has 1 amide bonds. The lowest BCUT2D eigenvalue weighted by atomic mass is 9.98. The zero-order valence-corrected chi connectivity index (χ0v) is 12.9. The van der Waals surface area contributed by atoms with Crippen molar-refractivity contribution in [3.05, 3.63) is 33.8 Å². The van der Waals surface area contributed by atoms with Gasteiger partial charge in [0, 0.05) is 18.4 Å². The summed E-state index contributed by atoms with van der Waals surface area (Å²) in [5.74, 6) is 0.652. The van der Waals surface area contributed by atoms with Crippen LogP contribution in [0.4, 0.5) is 0 Å². The number of carbonyl (C=O) groups excluding carboxylic acids is 1. The zero-order valence-electron chi connectivity index (χ0n) is 9.83. The maximum absolute atomic E-state index is 12.3. The van der Waals surface area contributed by atoms with E-state index in [1.165, 1.54) is 0 Å². The predicted molar refractivity (Wildman–Crippen MR) is 78.9 cm³/mol. The third-order valence-electron chi connectivity index (χ3n) is 3.30. The van der Waals surface area contributed by atoms with Gasteiger partial charge in [-0.25, -0.2) is 0 Å². The summed E-state index contributed by atoms with van der Waals surface area (Å²) in [5.41, 5.74) is 0.501. The van der Waals surface area contributed by atoms with E-state index in [-0.39, 0.29) is 5.91 Å². The molecular weight excluding hydrogens is 337 g/mol. The van der Waals surface area contributed by atoms with Crippen LogP contribution in [0.25, 0.3) is 0 Å². The first-order valence-electron chi connectivity index (χ1n) is 5.92. The van der Waals surface area contributed by atoms with E-state index in [9.17, 15) is 4.79 Å². The molecule has 1 aliphatic heterocycles. The van der Waals surface area contributed by atoms with E-state index in [4.69, 9.17) is 23.2 Å². The molecule has 1 heterocycles. The van der Waals surface area contributed by atoms with Gasteiger partial charge in [-0.15, -0.1) is 0 Å². The van der Waals surface area contributed by atoms with Crippen molar-refractivity contribution in [2.45, 2.75) is 12.8 Å². The van der Waals surface area contributed by atoms with E-state index in [1.54, 1.807) is 18.2 Å². The molecule has 1 aliphatic rings. The third-order valence-corrected chi connectivity index (χ3v) is 5.04. The van der Waals surface area contributed by atoms with Gasteiger partial charge < -0.3 is 4.90 Å². The van der Waals surface area contributed by atoms with Crippen molar-refractivity contribution in [3.63, 3.8) is 0 Å². The van der Waals surface area contributed by atoms with Gasteiger partial charge in [-0.2, -0.15) is 0 Å². The average Bonchev–Trinajstić information content (AvgIpc) is 2.41. The fraction of sp³-hybridized carbons (Fsp3) is 0.462. The van der Waals surface area contributed by atoms with E-state index in [0.29, 0.717) is 21.5 Å². The van der Waals surface area contributed by atoms with Crippen LogP contribution in [0, 0.1) is 5.92 Å². The topological polar surface area (TPSA) is 20.3 Å². The fourth-order valence-electron chi connectivity index (χ4n) is 2.13. The molecule has 1 aromatic rings. The Morgan fingerprint density at radius 2 is 2.00 bits per heavy atom. The van der Waals surface area contributed by atoms with E-state index in [0.717, 1.165) is 31.3 Å². The predicted octanol–water partition coefficient (Wildman–Crippen LogP) is 4.24. The molecule has 18 heavy (non-hydrogen) atoms. The Bertz CT molecular complexity index is 445. The molecule has 0 aromatic heterocycles. The highest BCUT2D eigenvalue weighted by atomic mass is 79.9. The molecule has 0 N–H and O–H groups in total. The van der Waals surface area contributed by atoms with Crippen molar-refractivity contribution in [2.24, 2.45) is 5.92 Å². The molecule has 0 atom stereocenters. The quantitative estimate of drug-likeness (QED) is 0.730. The minimum Gasteiger partial charge on any atom is -0.339 e. The van der Waals surface area contributed by atoms with E-state index in [1.807, 2.05) is 4.90 Å². The zero-order chi connectivity index (χ0) is 13.1. The standard InChI is InChI=1S/C13H14BrCl2NO/c14-8-9-4-6-17(7-5-9)13(18)10-2-1-3-11(15)12(10)16/h1-3,9H,4-8H2. The van der Waals surface area contributed by atoms with Crippen LogP contribution in [0.2, 0.25) is 10.0 Å². The molecular formula is C13H14BrCl2NO. The SMILES string of the molecule is O=C(c1cccc(Cl)c1Cl)N1CCC(CBr)CC1. The molecule has 2 rings (SSSR count). The first-order chi connectivity index (χ1) is 8.63. The van der Waals surface area contributed by atoms with Crippen molar-refractivity contribution in [2.75, 3.05) is 18.4 Å². The molecule has 0 bridgehead atoms. The third kappa shape index (κ3) is 3.01. The number of alkyl halides is 1. The van der Waals surface area contributed by atoms with Gasteiger partial charge in [-0.1, -0.05) is 45.2 Å². The van der Waals surface area contributed by atoms with Crippen LogP contribution in [0.3, 0.4) is 0 Å². The number of nitrogens with zero attached hydrogens (tertiary/aromatic N) is 1. The number of hydrogen-bond donors (Lipinski definition) is 0. The monoisotopic (exact) mass is 349 g/mol. The Morgan fingerprint density at radius 1 is 1.33 bits per heavy atom. The Balaban J connectivity index is 2.10. The van der Waals surface area contributed by atoms with Gasteiger partial charge in [-0.05, 0) is 30.9 Å². The lowest BCUT2D eigenvalue weighted by Gasteiger charge is -2.31. The van der Waals surface area contributed by atoms with Crippen LogP contribution in [0.1, 0.15) is 23.2 Å². The maximum atomic E-state index is 12.3. The lowest BCUT2D eigenvalue weighted by Crippen LogP contribution is -2.38. The average molecular weight is 351 g/mol. The Morgan fingerprint density at radius 3 is 2.61 bits per heavy atom. The second kappa shape index (κ2) is 6.27. The van der Waals surface area contributed by atoms with Gasteiger partial charge in [-0.3, -0.25) is 4.79 Å². The lowest BCUT2D eigenvalue weighted by molar-refractivity contribution is 0.0699. The minimum atomic E-state index is -0.0180. The van der Waals surface area contributed by atoms with Gasteiger partial charge in [0.15, 0.2) is 0 Å². The van der Waals surface area contributed by atoms with Gasteiger partial charge >= 0.3 is 0 Å². The molecule has 1 saturated heterocycles. The summed E-state index contributed by atoms with van der Waals surface area (Å²) in [6, 6.07) is 5.18. The van der Waals surface area contributed by atoms with Gasteiger partial charge in [0.2, 0.25) is 0 Å². The number of rotatable bonds is 2. The maximum Gasteiger partial charge on any atom is 0.255 e. The van der Waals surface area contributed by atoms with Crippen LogP contribution < -0.4 is 0 Å². The van der Waals surface area contributed by atoms with Crippen molar-refractivity contribution in [3.8, 4) is 0 Å². The molecule has 1 aromatic carbocycles. The molecule has 0 spiro atoms. The first kappa shape index (κ1) is 14.2. The van der Waals surface area contributed by atoms with Gasteiger partial charge in [0.05, 0.1) is 15.6 Å². The number of piperidine rings is 1. The van der Waals surface area contributed by atoms with E-state index < -0.39 is 0 Å². The molecule has 98 valence electrons. The fourth-order valence-corrected chi connectivity index (χ4v) is 3.16. The van der Waals surface area contributed by atoms with Gasteiger partial charge in [0.1, 0.15) is 0 Å². The molecule has 0 saturated carbocycles. The highest BCUT2D eigenvalue weighted by Crippen LogP contribution is 2.28. The number of likely N-dealkylation sites (tertiary alicyclic amines) is 1. The van der Waals surface area contributed by atoms with Crippen molar-refractivity contribution >= 4 is 45.0 Å². The second-order valence-electron chi connectivity index (χ2n) is 4.49. The number of hydrogen-bond acceptors (Lipinski definition) is 1. The van der Waals surface area contributed by atoms with Crippen LogP contribution >= 0.6 is 39.1 Å². The molecule has 0 unspecified atom stereocenters. The minimum absolute atomic E-state index is 0.0180. The summed E-state index contributed by atoms with van der Waals surface area (Å²) < 4.78 is 0. The van der Waals surface area contributed by atoms with Gasteiger partial charge in [0.25, 0.3) is 5.91 Å². The van der Waals surface area contributed by atoms with Crippen LogP contribution in [-0.2, 0) is 0 Å². The summed E-state index contributed by atoms with van der Waals surface area (Å²) in [6.07, 6.45) is 2.07. The highest BCUT2D eigenvalue weighted by molar-refractivity contribution is 9.09. The Hall–Kier alpha value is -0.250. The Kier molecular flexibility index (Phi) is 4.93. The largest absolute Gasteiger partial charge is 0.339 e. The van der Waals surface area contributed by atoms with Crippen LogP contribution in [0.15, 0.2) is 18.2 Å². The van der Waals surface area contributed by atoms with Crippen molar-refractivity contribution < 1.29 is 4.79 Å². The van der Waals surface area contributed by atoms with Crippen LogP contribution in [0.5, 0.6) is 0 Å². The van der Waals surface area contributed by atoms with E-state index in [2.05, 4.69) is 15.9 Å². The number of benzene rings is 1. The number of halogens is 3. The molecule has 1 fully saturated rings. The summed E-state index contributed by atoms with van der Waals surface area (Å²) >= 11 is 15.5. The number of carbonyl (C=O) groups is 1. The molecule has 0 radical (unpaired) electrons. The smallest absolute Gasteiger partial charge is 0.255 e.